The maximum Gasteiger partial charge on any atom is 0.165 e. The summed E-state index contributed by atoms with van der Waals surface area (Å²) in [4.78, 5) is 0. The van der Waals surface area contributed by atoms with Gasteiger partial charge in [0.25, 0.3) is 0 Å². The van der Waals surface area contributed by atoms with Gasteiger partial charge in [0.15, 0.2) is 11.6 Å². The van der Waals surface area contributed by atoms with E-state index < -0.39 is 0 Å². The van der Waals surface area contributed by atoms with E-state index in [1.165, 1.54) is 13.2 Å². The van der Waals surface area contributed by atoms with Crippen LogP contribution in [0.1, 0.15) is 17.3 Å². The summed E-state index contributed by atoms with van der Waals surface area (Å²) < 4.78 is 20.1. The van der Waals surface area contributed by atoms with Gasteiger partial charge in [-0.15, -0.1) is 0 Å². The van der Waals surface area contributed by atoms with Gasteiger partial charge in [0.05, 0.1) is 18.8 Å². The van der Waals surface area contributed by atoms with E-state index in [0.717, 1.165) is 11.3 Å². The predicted octanol–water partition coefficient (Wildman–Crippen LogP) is 1.81. The first-order chi connectivity index (χ1) is 8.60. The monoisotopic (exact) mass is 249 g/mol. The molecule has 2 rings (SSSR count). The van der Waals surface area contributed by atoms with E-state index in [4.69, 9.17) is 10.5 Å². The zero-order valence-corrected chi connectivity index (χ0v) is 10.4. The van der Waals surface area contributed by atoms with Crippen molar-refractivity contribution in [1.82, 2.24) is 9.78 Å². The first kappa shape index (κ1) is 12.6. The van der Waals surface area contributed by atoms with Crippen molar-refractivity contribution < 1.29 is 9.13 Å². The number of nitrogens with two attached hydrogens (primary N) is 1. The molecule has 0 saturated carbocycles. The minimum atomic E-state index is -0.372. The second-order valence-corrected chi connectivity index (χ2v) is 4.19. The number of halogens is 1. The van der Waals surface area contributed by atoms with Crippen molar-refractivity contribution in [3.05, 3.63) is 47.5 Å². The van der Waals surface area contributed by atoms with Gasteiger partial charge >= 0.3 is 0 Å². The third-order valence-electron chi connectivity index (χ3n) is 2.79. The molecule has 0 aliphatic heterocycles. The zero-order chi connectivity index (χ0) is 13.1. The molecular weight excluding hydrogens is 233 g/mol. The minimum Gasteiger partial charge on any atom is -0.494 e. The highest BCUT2D eigenvalue weighted by Crippen LogP contribution is 2.20. The summed E-state index contributed by atoms with van der Waals surface area (Å²) in [5.41, 5.74) is 7.66. The molecule has 1 heterocycles. The lowest BCUT2D eigenvalue weighted by Gasteiger charge is -2.10. The van der Waals surface area contributed by atoms with Crippen LogP contribution in [0.15, 0.2) is 30.5 Å². The fourth-order valence-corrected chi connectivity index (χ4v) is 1.83. The van der Waals surface area contributed by atoms with Crippen LogP contribution in [-0.4, -0.2) is 16.9 Å². The first-order valence-corrected chi connectivity index (χ1v) is 5.67. The Kier molecular flexibility index (Phi) is 3.62. The molecule has 0 bridgehead atoms. The van der Waals surface area contributed by atoms with Crippen LogP contribution in [0.3, 0.4) is 0 Å². The Bertz CT molecular complexity index is 539. The highest BCUT2D eigenvalue weighted by atomic mass is 19.1. The second-order valence-electron chi connectivity index (χ2n) is 4.19. The van der Waals surface area contributed by atoms with Gasteiger partial charge in [-0.3, -0.25) is 4.68 Å². The van der Waals surface area contributed by atoms with Crippen molar-refractivity contribution in [1.29, 1.82) is 0 Å². The molecule has 2 N–H and O–H groups in total. The van der Waals surface area contributed by atoms with Crippen LogP contribution in [-0.2, 0) is 13.5 Å². The number of hydrogen-bond acceptors (Lipinski definition) is 3. The molecule has 96 valence electrons. The Hall–Kier alpha value is -1.88. The van der Waals surface area contributed by atoms with Crippen molar-refractivity contribution in [3.8, 4) is 5.75 Å². The highest BCUT2D eigenvalue weighted by molar-refractivity contribution is 5.30. The van der Waals surface area contributed by atoms with Gasteiger partial charge in [0, 0.05) is 13.2 Å². The molecule has 5 heteroatoms. The van der Waals surface area contributed by atoms with Crippen molar-refractivity contribution >= 4 is 0 Å². The standard InChI is InChI=1S/C13H16FN3O/c1-17-6-5-12(16-17)11(15)8-9-3-4-13(18-2)10(14)7-9/h3-7,11H,8,15H2,1-2H3. The normalized spacial score (nSPS) is 12.4. The number of rotatable bonds is 4. The van der Waals surface area contributed by atoms with Gasteiger partial charge in [0.1, 0.15) is 0 Å². The van der Waals surface area contributed by atoms with Gasteiger partial charge in [-0.25, -0.2) is 4.39 Å². The Morgan fingerprint density at radius 3 is 2.78 bits per heavy atom. The Morgan fingerprint density at radius 1 is 1.44 bits per heavy atom. The van der Waals surface area contributed by atoms with Crippen molar-refractivity contribution in [3.63, 3.8) is 0 Å². The molecule has 0 spiro atoms. The smallest absolute Gasteiger partial charge is 0.165 e. The number of aromatic nitrogens is 2. The molecule has 18 heavy (non-hydrogen) atoms. The fraction of sp³-hybridized carbons (Fsp3) is 0.308. The van der Waals surface area contributed by atoms with Gasteiger partial charge < -0.3 is 10.5 Å². The van der Waals surface area contributed by atoms with Gasteiger partial charge in [-0.05, 0) is 30.2 Å². The molecule has 2 aromatic rings. The molecule has 1 aromatic heterocycles. The van der Waals surface area contributed by atoms with Crippen LogP contribution in [0, 0.1) is 5.82 Å². The van der Waals surface area contributed by atoms with E-state index in [9.17, 15) is 4.39 Å². The van der Waals surface area contributed by atoms with Crippen LogP contribution in [0.5, 0.6) is 5.75 Å². The molecule has 0 saturated heterocycles. The summed E-state index contributed by atoms with van der Waals surface area (Å²) in [6, 6.07) is 6.49. The lowest BCUT2D eigenvalue weighted by molar-refractivity contribution is 0.386. The summed E-state index contributed by atoms with van der Waals surface area (Å²) in [6.07, 6.45) is 2.38. The molecule has 0 aliphatic carbocycles. The van der Waals surface area contributed by atoms with Crippen LogP contribution in [0.25, 0.3) is 0 Å². The molecular formula is C13H16FN3O. The topological polar surface area (TPSA) is 53.1 Å². The molecule has 0 amide bonds. The summed E-state index contributed by atoms with van der Waals surface area (Å²) >= 11 is 0. The third kappa shape index (κ3) is 2.68. The number of benzene rings is 1. The van der Waals surface area contributed by atoms with Gasteiger partial charge in [0.2, 0.25) is 0 Å². The lowest BCUT2D eigenvalue weighted by Crippen LogP contribution is -2.14. The van der Waals surface area contributed by atoms with E-state index in [1.54, 1.807) is 10.7 Å². The molecule has 4 nitrogen and oxygen atoms in total. The van der Waals surface area contributed by atoms with E-state index in [0.29, 0.717) is 6.42 Å². The molecule has 1 unspecified atom stereocenters. The second kappa shape index (κ2) is 5.18. The quantitative estimate of drug-likeness (QED) is 0.899. The average Bonchev–Trinajstić information content (AvgIpc) is 2.76. The van der Waals surface area contributed by atoms with E-state index >= 15 is 0 Å². The van der Waals surface area contributed by atoms with Crippen LogP contribution in [0.2, 0.25) is 0 Å². The number of methoxy groups -OCH3 is 1. The molecule has 0 aliphatic rings. The Morgan fingerprint density at radius 2 is 2.22 bits per heavy atom. The largest absolute Gasteiger partial charge is 0.494 e. The maximum atomic E-state index is 13.5. The van der Waals surface area contributed by atoms with Crippen molar-refractivity contribution in [2.75, 3.05) is 7.11 Å². The van der Waals surface area contributed by atoms with E-state index in [2.05, 4.69) is 5.10 Å². The van der Waals surface area contributed by atoms with Crippen LogP contribution >= 0.6 is 0 Å². The zero-order valence-electron chi connectivity index (χ0n) is 10.4. The number of hydrogen-bond donors (Lipinski definition) is 1. The summed E-state index contributed by atoms with van der Waals surface area (Å²) in [7, 11) is 3.28. The minimum absolute atomic E-state index is 0.237. The van der Waals surface area contributed by atoms with Crippen LogP contribution in [0.4, 0.5) is 4.39 Å². The molecule has 1 atom stereocenters. The predicted molar refractivity (Wildman–Crippen MR) is 66.8 cm³/mol. The number of nitrogens with zero attached hydrogens (tertiary/aromatic N) is 2. The fourth-order valence-electron chi connectivity index (χ4n) is 1.83. The van der Waals surface area contributed by atoms with Crippen molar-refractivity contribution in [2.45, 2.75) is 12.5 Å². The third-order valence-corrected chi connectivity index (χ3v) is 2.79. The summed E-state index contributed by atoms with van der Waals surface area (Å²) in [5, 5.41) is 4.24. The first-order valence-electron chi connectivity index (χ1n) is 5.67. The summed E-state index contributed by atoms with van der Waals surface area (Å²) in [5.74, 6) is -0.131. The number of aryl methyl sites for hydroxylation is 1. The van der Waals surface area contributed by atoms with Gasteiger partial charge in [-0.1, -0.05) is 6.07 Å². The van der Waals surface area contributed by atoms with Crippen LogP contribution < -0.4 is 10.5 Å². The maximum absolute atomic E-state index is 13.5. The average molecular weight is 249 g/mol. The van der Waals surface area contributed by atoms with E-state index in [1.807, 2.05) is 25.4 Å². The Labute approximate surface area is 105 Å². The SMILES string of the molecule is COc1ccc(CC(N)c2ccn(C)n2)cc1F. The van der Waals surface area contributed by atoms with E-state index in [-0.39, 0.29) is 17.6 Å². The lowest BCUT2D eigenvalue weighted by atomic mass is 10.0. The van der Waals surface area contributed by atoms with Gasteiger partial charge in [-0.2, -0.15) is 5.10 Å². The van der Waals surface area contributed by atoms with Crippen molar-refractivity contribution in [2.24, 2.45) is 12.8 Å². The Balaban J connectivity index is 2.12. The molecule has 0 fully saturated rings. The summed E-state index contributed by atoms with van der Waals surface area (Å²) in [6.45, 7) is 0. The molecule has 0 radical (unpaired) electrons. The number of ether oxygens (including phenoxy) is 1. The molecule has 1 aromatic carbocycles. The highest BCUT2D eigenvalue weighted by Gasteiger charge is 2.11.